The maximum atomic E-state index is 12.1. The molecule has 3 rings (SSSR count). The van der Waals surface area contributed by atoms with E-state index >= 15 is 0 Å². The molecule has 23 heavy (non-hydrogen) atoms. The summed E-state index contributed by atoms with van der Waals surface area (Å²) >= 11 is 0. The van der Waals surface area contributed by atoms with Crippen molar-refractivity contribution in [3.63, 3.8) is 0 Å². The fraction of sp³-hybridized carbons (Fsp3) is 0.684. The van der Waals surface area contributed by atoms with Crippen LogP contribution in [0.25, 0.3) is 0 Å². The first-order valence-corrected chi connectivity index (χ1v) is 8.34. The first-order valence-electron chi connectivity index (χ1n) is 8.34. The predicted octanol–water partition coefficient (Wildman–Crippen LogP) is 3.56. The van der Waals surface area contributed by atoms with E-state index in [1.807, 2.05) is 6.92 Å². The van der Waals surface area contributed by atoms with Crippen molar-refractivity contribution in [3.05, 3.63) is 24.3 Å². The van der Waals surface area contributed by atoms with Gasteiger partial charge in [-0.25, -0.2) is 4.79 Å². The minimum absolute atomic E-state index is 0.0286. The van der Waals surface area contributed by atoms with E-state index in [1.54, 1.807) is 0 Å². The second-order valence-corrected chi connectivity index (χ2v) is 7.96. The molecule has 0 aromatic rings. The van der Waals surface area contributed by atoms with Gasteiger partial charge in [0, 0.05) is 29.2 Å². The van der Waals surface area contributed by atoms with Crippen molar-refractivity contribution in [2.24, 2.45) is 16.7 Å². The molecule has 0 amide bonds. The van der Waals surface area contributed by atoms with Crippen molar-refractivity contribution in [2.45, 2.75) is 65.1 Å². The largest absolute Gasteiger partial charge is 0.459 e. The molecular weight excluding hydrogens is 292 g/mol. The van der Waals surface area contributed by atoms with Crippen molar-refractivity contribution >= 4 is 11.9 Å². The summed E-state index contributed by atoms with van der Waals surface area (Å²) < 4.78 is 11.6. The quantitative estimate of drug-likeness (QED) is 0.421. The Bertz CT molecular complexity index is 621. The van der Waals surface area contributed by atoms with E-state index in [9.17, 15) is 9.59 Å². The first kappa shape index (κ1) is 16.3. The zero-order valence-electron chi connectivity index (χ0n) is 14.5. The lowest BCUT2D eigenvalue weighted by atomic mass is 9.56. The molecule has 4 nitrogen and oxygen atoms in total. The van der Waals surface area contributed by atoms with E-state index in [-0.39, 0.29) is 29.4 Å². The highest BCUT2D eigenvalue weighted by atomic mass is 16.6. The lowest BCUT2D eigenvalue weighted by Gasteiger charge is -2.52. The molecule has 3 aliphatic rings. The van der Waals surface area contributed by atoms with Crippen LogP contribution in [-0.4, -0.2) is 23.6 Å². The Morgan fingerprint density at radius 2 is 1.91 bits per heavy atom. The summed E-state index contributed by atoms with van der Waals surface area (Å²) in [5, 5.41) is 0. The lowest BCUT2D eigenvalue weighted by Crippen LogP contribution is -2.56. The number of hydrogen-bond acceptors (Lipinski definition) is 4. The highest BCUT2D eigenvalue weighted by Gasteiger charge is 2.69. The van der Waals surface area contributed by atoms with Gasteiger partial charge in [0.1, 0.15) is 11.7 Å². The first-order chi connectivity index (χ1) is 10.6. The van der Waals surface area contributed by atoms with Crippen molar-refractivity contribution in [1.29, 1.82) is 0 Å². The SMILES string of the molecule is C=C1C(=O)OC2C1CCC(C)(OC(C)=O)C1(C)CCC(=C)C21C. The number of esters is 2. The Morgan fingerprint density at radius 1 is 1.26 bits per heavy atom. The molecule has 5 atom stereocenters. The molecule has 5 unspecified atom stereocenters. The predicted molar refractivity (Wildman–Crippen MR) is 86.5 cm³/mol. The maximum absolute atomic E-state index is 12.1. The van der Waals surface area contributed by atoms with Gasteiger partial charge in [0.2, 0.25) is 0 Å². The van der Waals surface area contributed by atoms with E-state index in [1.165, 1.54) is 6.92 Å². The molecule has 3 fully saturated rings. The minimum atomic E-state index is -0.607. The van der Waals surface area contributed by atoms with Crippen LogP contribution in [0.1, 0.15) is 53.4 Å². The summed E-state index contributed by atoms with van der Waals surface area (Å²) in [5.41, 5.74) is 0.271. The Balaban J connectivity index is 2.17. The van der Waals surface area contributed by atoms with E-state index < -0.39 is 11.0 Å². The standard InChI is InChI=1S/C19H26O4/c1-11-7-9-17(4)18(5,23-13(3)20)10-8-14-12(2)16(21)22-15(14)19(11,17)6/h14-15H,1-2,7-10H2,3-6H3. The van der Waals surface area contributed by atoms with Gasteiger partial charge in [-0.15, -0.1) is 0 Å². The summed E-state index contributed by atoms with van der Waals surface area (Å²) in [7, 11) is 0. The highest BCUT2D eigenvalue weighted by Crippen LogP contribution is 2.68. The van der Waals surface area contributed by atoms with Crippen LogP contribution in [-0.2, 0) is 19.1 Å². The summed E-state index contributed by atoms with van der Waals surface area (Å²) in [6, 6.07) is 0. The number of ether oxygens (including phenoxy) is 2. The lowest BCUT2D eigenvalue weighted by molar-refractivity contribution is -0.188. The number of hydrogen-bond donors (Lipinski definition) is 0. The molecule has 0 bridgehead atoms. The molecule has 1 saturated heterocycles. The van der Waals surface area contributed by atoms with Gasteiger partial charge in [0.05, 0.1) is 0 Å². The molecule has 0 spiro atoms. The third kappa shape index (κ3) is 1.84. The summed E-state index contributed by atoms with van der Waals surface area (Å²) in [5.74, 6) is -0.588. The Hall–Kier alpha value is -1.58. The third-order valence-electron chi connectivity index (χ3n) is 7.15. The van der Waals surface area contributed by atoms with Gasteiger partial charge in [-0.3, -0.25) is 4.79 Å². The van der Waals surface area contributed by atoms with Crippen LogP contribution in [0.4, 0.5) is 0 Å². The summed E-state index contributed by atoms with van der Waals surface area (Å²) in [6.07, 6.45) is 2.90. The normalized spacial score (nSPS) is 46.0. The molecule has 0 N–H and O–H groups in total. The smallest absolute Gasteiger partial charge is 0.334 e. The van der Waals surface area contributed by atoms with Gasteiger partial charge < -0.3 is 9.47 Å². The van der Waals surface area contributed by atoms with Gasteiger partial charge in [0.15, 0.2) is 0 Å². The fourth-order valence-corrected chi connectivity index (χ4v) is 5.28. The molecule has 2 aliphatic carbocycles. The van der Waals surface area contributed by atoms with Crippen LogP contribution < -0.4 is 0 Å². The Morgan fingerprint density at radius 3 is 2.52 bits per heavy atom. The van der Waals surface area contributed by atoms with Crippen LogP contribution in [0.15, 0.2) is 24.3 Å². The zero-order valence-corrected chi connectivity index (χ0v) is 14.5. The Kier molecular flexibility index (Phi) is 3.34. The molecule has 4 heteroatoms. The van der Waals surface area contributed by atoms with Gasteiger partial charge in [0.25, 0.3) is 0 Å². The van der Waals surface area contributed by atoms with E-state index in [0.29, 0.717) is 12.0 Å². The Labute approximate surface area is 137 Å². The third-order valence-corrected chi connectivity index (χ3v) is 7.15. The van der Waals surface area contributed by atoms with E-state index in [2.05, 4.69) is 27.0 Å². The summed E-state index contributed by atoms with van der Waals surface area (Å²) in [6.45, 7) is 16.0. The number of fused-ring (bicyclic) bond motifs is 3. The number of rotatable bonds is 1. The molecule has 0 aromatic heterocycles. The number of carbonyl (C=O) groups excluding carboxylic acids is 2. The monoisotopic (exact) mass is 318 g/mol. The second kappa shape index (κ2) is 4.71. The molecule has 2 saturated carbocycles. The molecular formula is C19H26O4. The maximum Gasteiger partial charge on any atom is 0.334 e. The van der Waals surface area contributed by atoms with Crippen LogP contribution in [0.5, 0.6) is 0 Å². The highest BCUT2D eigenvalue weighted by molar-refractivity contribution is 5.91. The van der Waals surface area contributed by atoms with Crippen LogP contribution in [0, 0.1) is 16.7 Å². The molecule has 0 radical (unpaired) electrons. The van der Waals surface area contributed by atoms with Crippen molar-refractivity contribution in [3.8, 4) is 0 Å². The van der Waals surface area contributed by atoms with Gasteiger partial charge in [-0.05, 0) is 32.6 Å². The van der Waals surface area contributed by atoms with Crippen molar-refractivity contribution in [2.75, 3.05) is 0 Å². The summed E-state index contributed by atoms with van der Waals surface area (Å²) in [4.78, 5) is 23.9. The molecule has 1 heterocycles. The second-order valence-electron chi connectivity index (χ2n) is 7.96. The van der Waals surface area contributed by atoms with E-state index in [4.69, 9.17) is 9.47 Å². The molecule has 1 aliphatic heterocycles. The van der Waals surface area contributed by atoms with Crippen LogP contribution >= 0.6 is 0 Å². The minimum Gasteiger partial charge on any atom is -0.459 e. The fourth-order valence-electron chi connectivity index (χ4n) is 5.28. The number of carbonyl (C=O) groups is 2. The van der Waals surface area contributed by atoms with Gasteiger partial charge >= 0.3 is 11.9 Å². The van der Waals surface area contributed by atoms with Gasteiger partial charge in [-0.2, -0.15) is 0 Å². The van der Waals surface area contributed by atoms with Gasteiger partial charge in [-0.1, -0.05) is 32.6 Å². The molecule has 126 valence electrons. The van der Waals surface area contributed by atoms with E-state index in [0.717, 1.165) is 24.8 Å². The zero-order chi connectivity index (χ0) is 17.2. The van der Waals surface area contributed by atoms with Crippen LogP contribution in [0.3, 0.4) is 0 Å². The van der Waals surface area contributed by atoms with Crippen molar-refractivity contribution in [1.82, 2.24) is 0 Å². The molecule has 0 aromatic carbocycles. The average Bonchev–Trinajstić information content (AvgIpc) is 2.85. The topological polar surface area (TPSA) is 52.6 Å². The average molecular weight is 318 g/mol. The van der Waals surface area contributed by atoms with Crippen LogP contribution in [0.2, 0.25) is 0 Å². The van der Waals surface area contributed by atoms with Crippen molar-refractivity contribution < 1.29 is 19.1 Å².